The summed E-state index contributed by atoms with van der Waals surface area (Å²) in [7, 11) is 0. The first-order chi connectivity index (χ1) is 15.5. The second-order valence-corrected chi connectivity index (χ2v) is 9.23. The Morgan fingerprint density at radius 3 is 2.38 bits per heavy atom. The number of carbonyl (C=O) groups is 1. The molecule has 0 bridgehead atoms. The average molecular weight is 462 g/mol. The van der Waals surface area contributed by atoms with Gasteiger partial charge in [-0.2, -0.15) is 5.10 Å². The molecule has 0 unspecified atom stereocenters. The van der Waals surface area contributed by atoms with Crippen molar-refractivity contribution in [2.24, 2.45) is 5.10 Å². The number of hydrazone groups is 1. The van der Waals surface area contributed by atoms with Crippen LogP contribution in [0.1, 0.15) is 22.9 Å². The Balaban J connectivity index is 1.55. The number of benzene rings is 2. The summed E-state index contributed by atoms with van der Waals surface area (Å²) in [6.45, 7) is 5.98. The first kappa shape index (κ1) is 22.0. The third-order valence-electron chi connectivity index (χ3n) is 4.79. The molecule has 0 aliphatic heterocycles. The van der Waals surface area contributed by atoms with Crippen molar-refractivity contribution in [3.8, 4) is 17.1 Å². The van der Waals surface area contributed by atoms with Crippen molar-refractivity contribution in [2.45, 2.75) is 25.9 Å². The Labute approximate surface area is 195 Å². The Morgan fingerprint density at radius 2 is 1.72 bits per heavy atom. The molecule has 4 aromatic rings. The maximum Gasteiger partial charge on any atom is 0.250 e. The molecule has 2 heterocycles. The molecule has 32 heavy (non-hydrogen) atoms. The summed E-state index contributed by atoms with van der Waals surface area (Å²) in [6, 6.07) is 20.3. The van der Waals surface area contributed by atoms with Crippen LogP contribution in [0.25, 0.3) is 17.1 Å². The number of thioether (sulfide) groups is 1. The summed E-state index contributed by atoms with van der Waals surface area (Å²) < 4.78 is 1.99. The number of carbonyl (C=O) groups excluding carboxylic acids is 1. The molecule has 0 saturated heterocycles. The molecule has 0 spiro atoms. The van der Waals surface area contributed by atoms with Crippen molar-refractivity contribution in [2.75, 3.05) is 5.75 Å². The van der Waals surface area contributed by atoms with Crippen LogP contribution in [-0.4, -0.2) is 32.1 Å². The van der Waals surface area contributed by atoms with Crippen molar-refractivity contribution in [1.29, 1.82) is 0 Å². The molecule has 2 aromatic heterocycles. The lowest BCUT2D eigenvalue weighted by molar-refractivity contribution is -0.118. The van der Waals surface area contributed by atoms with Gasteiger partial charge in [0.2, 0.25) is 0 Å². The Bertz CT molecular complexity index is 1230. The fourth-order valence-corrected chi connectivity index (χ4v) is 4.45. The van der Waals surface area contributed by atoms with Gasteiger partial charge >= 0.3 is 0 Å². The lowest BCUT2D eigenvalue weighted by Crippen LogP contribution is -2.21. The van der Waals surface area contributed by atoms with Gasteiger partial charge in [-0.05, 0) is 44.4 Å². The van der Waals surface area contributed by atoms with Gasteiger partial charge in [0.15, 0.2) is 11.0 Å². The van der Waals surface area contributed by atoms with E-state index in [1.165, 1.54) is 22.9 Å². The topological polar surface area (TPSA) is 72.2 Å². The minimum atomic E-state index is -0.193. The SMILES string of the molecule is CC(=NNC(=O)CSc1nnc(-c2ccc(C)cc2)n1-c1ccc(C)cc1)c1cccs1. The maximum absolute atomic E-state index is 12.4. The van der Waals surface area contributed by atoms with Crippen LogP contribution in [0.5, 0.6) is 0 Å². The molecule has 6 nitrogen and oxygen atoms in total. The number of rotatable bonds is 7. The molecule has 0 aliphatic carbocycles. The third-order valence-corrected chi connectivity index (χ3v) is 6.70. The molecule has 8 heteroatoms. The van der Waals surface area contributed by atoms with Crippen molar-refractivity contribution in [1.82, 2.24) is 20.2 Å². The highest BCUT2D eigenvalue weighted by atomic mass is 32.2. The van der Waals surface area contributed by atoms with Crippen LogP contribution in [-0.2, 0) is 4.79 Å². The van der Waals surface area contributed by atoms with E-state index >= 15 is 0 Å². The van der Waals surface area contributed by atoms with E-state index in [0.29, 0.717) is 5.16 Å². The number of hydrogen-bond acceptors (Lipinski definition) is 6. The molecular formula is C24H23N5OS2. The van der Waals surface area contributed by atoms with Gasteiger partial charge in [-0.15, -0.1) is 21.5 Å². The van der Waals surface area contributed by atoms with Crippen molar-refractivity contribution >= 4 is 34.7 Å². The quantitative estimate of drug-likeness (QED) is 0.232. The van der Waals surface area contributed by atoms with Gasteiger partial charge in [0.1, 0.15) is 0 Å². The minimum Gasteiger partial charge on any atom is -0.272 e. The van der Waals surface area contributed by atoms with E-state index in [4.69, 9.17) is 0 Å². The van der Waals surface area contributed by atoms with Gasteiger partial charge in [-0.1, -0.05) is 65.4 Å². The van der Waals surface area contributed by atoms with E-state index in [1.54, 1.807) is 11.3 Å². The molecule has 4 rings (SSSR count). The van der Waals surface area contributed by atoms with Crippen molar-refractivity contribution < 1.29 is 4.79 Å². The number of aromatic nitrogens is 3. The number of amides is 1. The Hall–Kier alpha value is -3.23. The first-order valence-electron chi connectivity index (χ1n) is 10.1. The van der Waals surface area contributed by atoms with E-state index in [1.807, 2.05) is 53.3 Å². The Kier molecular flexibility index (Phi) is 6.82. The smallest absolute Gasteiger partial charge is 0.250 e. The summed E-state index contributed by atoms with van der Waals surface area (Å²) in [5, 5.41) is 15.7. The van der Waals surface area contributed by atoms with Crippen molar-refractivity contribution in [3.63, 3.8) is 0 Å². The van der Waals surface area contributed by atoms with Gasteiger partial charge in [-0.3, -0.25) is 9.36 Å². The van der Waals surface area contributed by atoms with E-state index in [2.05, 4.69) is 58.8 Å². The number of nitrogens with zero attached hydrogens (tertiary/aromatic N) is 4. The zero-order valence-electron chi connectivity index (χ0n) is 18.1. The van der Waals surface area contributed by atoms with E-state index in [0.717, 1.165) is 27.7 Å². The standard InChI is InChI=1S/C24H23N5OS2/c1-16-6-10-19(11-7-16)23-27-28-24(29(23)20-12-8-17(2)9-13-20)32-15-22(30)26-25-18(3)21-5-4-14-31-21/h4-14H,15H2,1-3H3,(H,26,30). The molecule has 0 atom stereocenters. The molecule has 162 valence electrons. The Morgan fingerprint density at radius 1 is 1.03 bits per heavy atom. The average Bonchev–Trinajstić information content (AvgIpc) is 3.48. The summed E-state index contributed by atoms with van der Waals surface area (Å²) in [6.07, 6.45) is 0. The summed E-state index contributed by atoms with van der Waals surface area (Å²) >= 11 is 2.92. The largest absolute Gasteiger partial charge is 0.272 e. The zero-order chi connectivity index (χ0) is 22.5. The number of thiophene rings is 1. The van der Waals surface area contributed by atoms with Gasteiger partial charge in [0.05, 0.1) is 11.5 Å². The highest BCUT2D eigenvalue weighted by Gasteiger charge is 2.17. The van der Waals surface area contributed by atoms with Crippen LogP contribution in [0.15, 0.2) is 76.3 Å². The molecule has 0 fully saturated rings. The van der Waals surface area contributed by atoms with E-state index in [-0.39, 0.29) is 11.7 Å². The fraction of sp³-hybridized carbons (Fsp3) is 0.167. The summed E-state index contributed by atoms with van der Waals surface area (Å²) in [5.41, 5.74) is 7.68. The van der Waals surface area contributed by atoms with Crippen LogP contribution in [0.2, 0.25) is 0 Å². The fourth-order valence-electron chi connectivity index (χ4n) is 3.03. The lowest BCUT2D eigenvalue weighted by Gasteiger charge is -2.11. The summed E-state index contributed by atoms with van der Waals surface area (Å²) in [5.74, 6) is 0.726. The van der Waals surface area contributed by atoms with Crippen LogP contribution in [0.3, 0.4) is 0 Å². The second-order valence-electron chi connectivity index (χ2n) is 7.34. The van der Waals surface area contributed by atoms with Crippen LogP contribution < -0.4 is 5.43 Å². The van der Waals surface area contributed by atoms with Crippen LogP contribution in [0, 0.1) is 13.8 Å². The van der Waals surface area contributed by atoms with Crippen LogP contribution >= 0.6 is 23.1 Å². The molecule has 1 N–H and O–H groups in total. The van der Waals surface area contributed by atoms with Crippen molar-refractivity contribution in [3.05, 3.63) is 82.0 Å². The van der Waals surface area contributed by atoms with Gasteiger partial charge in [-0.25, -0.2) is 5.43 Å². The third kappa shape index (κ3) is 5.15. The molecule has 2 aromatic carbocycles. The second kappa shape index (κ2) is 9.93. The van der Waals surface area contributed by atoms with Gasteiger partial charge < -0.3 is 0 Å². The monoisotopic (exact) mass is 461 g/mol. The van der Waals surface area contributed by atoms with Gasteiger partial charge in [0.25, 0.3) is 5.91 Å². The molecule has 1 amide bonds. The number of nitrogens with one attached hydrogen (secondary N) is 1. The maximum atomic E-state index is 12.4. The molecule has 0 radical (unpaired) electrons. The molecule has 0 aliphatic rings. The highest BCUT2D eigenvalue weighted by Crippen LogP contribution is 2.28. The predicted molar refractivity (Wildman–Crippen MR) is 132 cm³/mol. The highest BCUT2D eigenvalue weighted by molar-refractivity contribution is 7.99. The normalized spacial score (nSPS) is 11.5. The lowest BCUT2D eigenvalue weighted by atomic mass is 10.1. The van der Waals surface area contributed by atoms with E-state index < -0.39 is 0 Å². The minimum absolute atomic E-state index is 0.180. The molecular weight excluding hydrogens is 438 g/mol. The predicted octanol–water partition coefficient (Wildman–Crippen LogP) is 5.25. The number of aryl methyl sites for hydroxylation is 2. The van der Waals surface area contributed by atoms with Crippen LogP contribution in [0.4, 0.5) is 0 Å². The molecule has 0 saturated carbocycles. The van der Waals surface area contributed by atoms with Gasteiger partial charge in [0, 0.05) is 16.1 Å². The van der Waals surface area contributed by atoms with E-state index in [9.17, 15) is 4.79 Å². The number of hydrogen-bond donors (Lipinski definition) is 1. The zero-order valence-corrected chi connectivity index (χ0v) is 19.7. The summed E-state index contributed by atoms with van der Waals surface area (Å²) in [4.78, 5) is 13.4. The first-order valence-corrected chi connectivity index (χ1v) is 12.0.